The molecule has 0 aliphatic rings. The second kappa shape index (κ2) is 6.00. The molecule has 0 radical (unpaired) electrons. The van der Waals surface area contributed by atoms with Gasteiger partial charge >= 0.3 is 11.7 Å². The first-order valence-corrected chi connectivity index (χ1v) is 7.12. The number of hydrogen-bond donors (Lipinski definition) is 2. The topological polar surface area (TPSA) is 101 Å². The molecular formula is C12H15N3O4S. The van der Waals surface area contributed by atoms with Crippen LogP contribution < -0.4 is 5.69 Å². The first kappa shape index (κ1) is 14.4. The van der Waals surface area contributed by atoms with Crippen molar-refractivity contribution in [3.8, 4) is 0 Å². The van der Waals surface area contributed by atoms with Crippen LogP contribution in [0.5, 0.6) is 0 Å². The Morgan fingerprint density at radius 3 is 2.95 bits per heavy atom. The fourth-order valence-corrected chi connectivity index (χ4v) is 2.66. The van der Waals surface area contributed by atoms with Crippen LogP contribution in [0.15, 0.2) is 20.4 Å². The van der Waals surface area contributed by atoms with Gasteiger partial charge in [0.05, 0.1) is 5.75 Å². The van der Waals surface area contributed by atoms with E-state index in [4.69, 9.17) is 9.52 Å². The number of carboxylic acids is 1. The molecule has 2 rings (SSSR count). The molecule has 2 aromatic heterocycles. The van der Waals surface area contributed by atoms with Crippen molar-refractivity contribution in [2.75, 3.05) is 0 Å². The van der Waals surface area contributed by atoms with E-state index < -0.39 is 5.97 Å². The van der Waals surface area contributed by atoms with E-state index in [0.717, 1.165) is 6.42 Å². The monoisotopic (exact) mass is 297 g/mol. The number of H-pyrrole nitrogens is 1. The van der Waals surface area contributed by atoms with Crippen molar-refractivity contribution >= 4 is 17.7 Å². The molecule has 108 valence electrons. The Balaban J connectivity index is 2.11. The van der Waals surface area contributed by atoms with Crippen LogP contribution in [-0.4, -0.2) is 25.8 Å². The molecular weight excluding hydrogens is 282 g/mol. The summed E-state index contributed by atoms with van der Waals surface area (Å²) in [4.78, 5) is 22.4. The molecule has 0 spiro atoms. The third kappa shape index (κ3) is 2.96. The smallest absolute Gasteiger partial charge is 0.372 e. The Bertz CT molecular complexity index is 671. The average molecular weight is 297 g/mol. The number of aromatic carboxylic acids is 1. The van der Waals surface area contributed by atoms with Gasteiger partial charge in [0.25, 0.3) is 0 Å². The van der Waals surface area contributed by atoms with E-state index in [1.807, 2.05) is 6.92 Å². The predicted molar refractivity (Wildman–Crippen MR) is 73.1 cm³/mol. The van der Waals surface area contributed by atoms with Gasteiger partial charge in [0, 0.05) is 12.1 Å². The molecule has 0 saturated heterocycles. The van der Waals surface area contributed by atoms with Crippen LogP contribution >= 0.6 is 11.8 Å². The highest BCUT2D eigenvalue weighted by atomic mass is 32.2. The van der Waals surface area contributed by atoms with E-state index in [1.54, 1.807) is 17.6 Å². The standard InChI is InChI=1S/C12H15N3O4S/c1-3-4-15-11(18)13-14-12(15)20-6-8-5-7(2)9(19-8)10(16)17/h5H,3-4,6H2,1-2H3,(H,13,18)(H,16,17). The zero-order valence-corrected chi connectivity index (χ0v) is 12.0. The van der Waals surface area contributed by atoms with E-state index in [2.05, 4.69) is 10.2 Å². The Kier molecular flexibility index (Phi) is 4.33. The van der Waals surface area contributed by atoms with Crippen LogP contribution in [0.3, 0.4) is 0 Å². The summed E-state index contributed by atoms with van der Waals surface area (Å²) in [5.74, 6) is -0.166. The van der Waals surface area contributed by atoms with Crippen molar-refractivity contribution < 1.29 is 14.3 Å². The molecule has 7 nitrogen and oxygen atoms in total. The molecule has 0 amide bonds. The average Bonchev–Trinajstić information content (AvgIpc) is 2.93. The van der Waals surface area contributed by atoms with E-state index in [-0.39, 0.29) is 11.4 Å². The maximum Gasteiger partial charge on any atom is 0.372 e. The van der Waals surface area contributed by atoms with Crippen molar-refractivity contribution in [1.29, 1.82) is 0 Å². The van der Waals surface area contributed by atoms with Gasteiger partial charge < -0.3 is 9.52 Å². The molecule has 0 aliphatic heterocycles. The summed E-state index contributed by atoms with van der Waals surface area (Å²) < 4.78 is 6.81. The highest BCUT2D eigenvalue weighted by Crippen LogP contribution is 2.23. The number of carboxylic acid groups (broad SMARTS) is 1. The molecule has 2 N–H and O–H groups in total. The highest BCUT2D eigenvalue weighted by molar-refractivity contribution is 7.98. The Labute approximate surface area is 119 Å². The van der Waals surface area contributed by atoms with Crippen LogP contribution in [0.2, 0.25) is 0 Å². The van der Waals surface area contributed by atoms with Crippen molar-refractivity contribution in [3.63, 3.8) is 0 Å². The summed E-state index contributed by atoms with van der Waals surface area (Å²) in [7, 11) is 0. The number of hydrogen-bond acceptors (Lipinski definition) is 5. The number of aromatic nitrogens is 3. The Hall–Kier alpha value is -1.96. The van der Waals surface area contributed by atoms with Gasteiger partial charge in [-0.3, -0.25) is 4.57 Å². The Morgan fingerprint density at radius 2 is 2.35 bits per heavy atom. The van der Waals surface area contributed by atoms with Crippen molar-refractivity contribution in [1.82, 2.24) is 14.8 Å². The van der Waals surface area contributed by atoms with Crippen LogP contribution in [0.25, 0.3) is 0 Å². The molecule has 0 unspecified atom stereocenters. The lowest BCUT2D eigenvalue weighted by Gasteiger charge is -2.01. The molecule has 20 heavy (non-hydrogen) atoms. The fraction of sp³-hybridized carbons (Fsp3) is 0.417. The summed E-state index contributed by atoms with van der Waals surface area (Å²) in [6.07, 6.45) is 0.829. The first-order chi connectivity index (χ1) is 9.52. The molecule has 0 atom stereocenters. The maximum atomic E-state index is 11.5. The molecule has 0 aromatic carbocycles. The lowest BCUT2D eigenvalue weighted by atomic mass is 10.3. The van der Waals surface area contributed by atoms with Crippen molar-refractivity contribution in [3.05, 3.63) is 33.6 Å². The number of aromatic amines is 1. The summed E-state index contributed by atoms with van der Waals surface area (Å²) in [6, 6.07) is 1.69. The minimum Gasteiger partial charge on any atom is -0.475 e. The third-order valence-electron chi connectivity index (χ3n) is 2.68. The van der Waals surface area contributed by atoms with Crippen molar-refractivity contribution in [2.45, 2.75) is 37.7 Å². The molecule has 0 aliphatic carbocycles. The van der Waals surface area contributed by atoms with Crippen LogP contribution in [0.1, 0.15) is 35.2 Å². The van der Waals surface area contributed by atoms with Gasteiger partial charge in [-0.2, -0.15) is 0 Å². The number of thioether (sulfide) groups is 1. The second-order valence-electron chi connectivity index (χ2n) is 4.28. The molecule has 0 fully saturated rings. The highest BCUT2D eigenvalue weighted by Gasteiger charge is 2.15. The largest absolute Gasteiger partial charge is 0.475 e. The fourth-order valence-electron chi connectivity index (χ4n) is 1.80. The van der Waals surface area contributed by atoms with Crippen LogP contribution in [0.4, 0.5) is 0 Å². The number of furan rings is 1. The van der Waals surface area contributed by atoms with Gasteiger partial charge in [-0.05, 0) is 19.4 Å². The van der Waals surface area contributed by atoms with E-state index in [9.17, 15) is 9.59 Å². The van der Waals surface area contributed by atoms with E-state index in [0.29, 0.717) is 28.8 Å². The van der Waals surface area contributed by atoms with E-state index >= 15 is 0 Å². The quantitative estimate of drug-likeness (QED) is 0.789. The summed E-state index contributed by atoms with van der Waals surface area (Å²) in [6.45, 7) is 4.25. The molecule has 0 saturated carbocycles. The van der Waals surface area contributed by atoms with Gasteiger partial charge in [0.1, 0.15) is 5.76 Å². The SMILES string of the molecule is CCCn1c(SCc2cc(C)c(C(=O)O)o2)n[nH]c1=O. The first-order valence-electron chi connectivity index (χ1n) is 6.13. The lowest BCUT2D eigenvalue weighted by molar-refractivity contribution is 0.0659. The van der Waals surface area contributed by atoms with Crippen molar-refractivity contribution in [2.24, 2.45) is 0 Å². The minimum absolute atomic E-state index is 0.0476. The second-order valence-corrected chi connectivity index (χ2v) is 5.22. The molecule has 0 bridgehead atoms. The third-order valence-corrected chi connectivity index (χ3v) is 3.68. The summed E-state index contributed by atoms with van der Waals surface area (Å²) in [5, 5.41) is 15.8. The number of nitrogens with one attached hydrogen (secondary N) is 1. The van der Waals surface area contributed by atoms with Gasteiger partial charge in [0.15, 0.2) is 5.16 Å². The summed E-state index contributed by atoms with van der Waals surface area (Å²) in [5.41, 5.74) is 0.345. The number of rotatable bonds is 6. The molecule has 8 heteroatoms. The van der Waals surface area contributed by atoms with Crippen LogP contribution in [0, 0.1) is 6.92 Å². The van der Waals surface area contributed by atoms with Gasteiger partial charge in [-0.25, -0.2) is 14.7 Å². The maximum absolute atomic E-state index is 11.5. The zero-order chi connectivity index (χ0) is 14.7. The number of aryl methyl sites for hydroxylation is 1. The normalized spacial score (nSPS) is 10.9. The molecule has 2 heterocycles. The van der Waals surface area contributed by atoms with Gasteiger partial charge in [-0.1, -0.05) is 18.7 Å². The Morgan fingerprint density at radius 1 is 1.60 bits per heavy atom. The van der Waals surface area contributed by atoms with Gasteiger partial charge in [-0.15, -0.1) is 5.10 Å². The number of nitrogens with zero attached hydrogens (tertiary/aromatic N) is 2. The van der Waals surface area contributed by atoms with Crippen LogP contribution in [-0.2, 0) is 12.3 Å². The molecule has 2 aromatic rings. The predicted octanol–water partition coefficient (Wildman–Crippen LogP) is 1.87. The number of carbonyl (C=O) groups is 1. The zero-order valence-electron chi connectivity index (χ0n) is 11.2. The van der Waals surface area contributed by atoms with Gasteiger partial charge in [0.2, 0.25) is 5.76 Å². The summed E-state index contributed by atoms with van der Waals surface area (Å²) >= 11 is 1.33. The van der Waals surface area contributed by atoms with E-state index in [1.165, 1.54) is 11.8 Å². The minimum atomic E-state index is -1.08. The lowest BCUT2D eigenvalue weighted by Crippen LogP contribution is -2.17.